The molecule has 0 bridgehead atoms. The van der Waals surface area contributed by atoms with E-state index >= 15 is 0 Å². The number of furan rings is 1. The highest BCUT2D eigenvalue weighted by Crippen LogP contribution is 2.43. The van der Waals surface area contributed by atoms with E-state index in [1.165, 1.54) is 44.3 Å². The SMILES string of the molecule is C1=C(c2ccccc2-c2cccc3c2oc2c(-c4ccccc4)cccc23)CCC(N(c2ccccc2)c2ccc(-c3cccc4ccccc34)cc2)=C1. The summed E-state index contributed by atoms with van der Waals surface area (Å²) in [5.41, 5.74) is 15.1. The molecule has 0 unspecified atom stereocenters. The minimum Gasteiger partial charge on any atom is -0.455 e. The molecule has 54 heavy (non-hydrogen) atoms. The van der Waals surface area contributed by atoms with Crippen LogP contribution in [0.1, 0.15) is 18.4 Å². The molecule has 0 atom stereocenters. The molecular weight excluding hydrogens is 655 g/mol. The van der Waals surface area contributed by atoms with Gasteiger partial charge in [0.15, 0.2) is 0 Å². The van der Waals surface area contributed by atoms with Gasteiger partial charge in [0.2, 0.25) is 0 Å². The highest BCUT2D eigenvalue weighted by atomic mass is 16.3. The summed E-state index contributed by atoms with van der Waals surface area (Å²) in [5, 5.41) is 4.81. The molecule has 10 rings (SSSR count). The highest BCUT2D eigenvalue weighted by Gasteiger charge is 2.21. The van der Waals surface area contributed by atoms with Gasteiger partial charge in [0.05, 0.1) is 0 Å². The number of nitrogens with zero attached hydrogens (tertiary/aromatic N) is 1. The molecule has 256 valence electrons. The van der Waals surface area contributed by atoms with Gasteiger partial charge in [-0.05, 0) is 87.3 Å². The number of benzene rings is 8. The molecule has 0 saturated heterocycles. The van der Waals surface area contributed by atoms with E-state index < -0.39 is 0 Å². The molecule has 1 aromatic heterocycles. The smallest absolute Gasteiger partial charge is 0.143 e. The maximum absolute atomic E-state index is 6.83. The van der Waals surface area contributed by atoms with E-state index in [2.05, 4.69) is 205 Å². The summed E-state index contributed by atoms with van der Waals surface area (Å²) in [4.78, 5) is 2.41. The van der Waals surface area contributed by atoms with Crippen LogP contribution in [-0.2, 0) is 0 Å². The molecule has 1 aliphatic carbocycles. The number of rotatable bonds is 7. The Morgan fingerprint density at radius 2 is 0.889 bits per heavy atom. The first-order chi connectivity index (χ1) is 26.8. The monoisotopic (exact) mass is 691 g/mol. The molecule has 0 N–H and O–H groups in total. The molecule has 2 heteroatoms. The van der Waals surface area contributed by atoms with Crippen molar-refractivity contribution in [1.82, 2.24) is 0 Å². The molecule has 0 amide bonds. The number of hydrogen-bond donors (Lipinski definition) is 0. The van der Waals surface area contributed by atoms with Crippen LogP contribution >= 0.6 is 0 Å². The summed E-state index contributed by atoms with van der Waals surface area (Å²) < 4.78 is 6.83. The van der Waals surface area contributed by atoms with Gasteiger partial charge in [0.1, 0.15) is 11.2 Å². The van der Waals surface area contributed by atoms with E-state index in [9.17, 15) is 0 Å². The molecule has 1 heterocycles. The van der Waals surface area contributed by atoms with Crippen molar-refractivity contribution in [3.05, 3.63) is 211 Å². The average Bonchev–Trinajstić information content (AvgIpc) is 3.64. The minimum atomic E-state index is 0.912. The van der Waals surface area contributed by atoms with Crippen molar-refractivity contribution in [1.29, 1.82) is 0 Å². The van der Waals surface area contributed by atoms with E-state index in [1.54, 1.807) is 0 Å². The Hall–Kier alpha value is -6.90. The van der Waals surface area contributed by atoms with E-state index in [0.29, 0.717) is 0 Å². The fourth-order valence-electron chi connectivity index (χ4n) is 8.24. The summed E-state index contributed by atoms with van der Waals surface area (Å²) in [6, 6.07) is 67.2. The molecule has 0 fully saturated rings. The fourth-order valence-corrected chi connectivity index (χ4v) is 8.24. The lowest BCUT2D eigenvalue weighted by Crippen LogP contribution is -2.17. The van der Waals surface area contributed by atoms with Gasteiger partial charge < -0.3 is 9.32 Å². The quantitative estimate of drug-likeness (QED) is 0.165. The second kappa shape index (κ2) is 13.6. The Morgan fingerprint density at radius 3 is 1.65 bits per heavy atom. The standard InChI is InChI=1S/C52H37NO/c1-3-14-37(15-4-1)46-24-12-26-49-50-27-13-25-48(52(50)54-51(46)49)47-22-10-9-21-45(47)39-30-34-42(35-31-39)53(40-18-5-2-6-19-40)41-32-28-38(29-33-41)44-23-11-17-36-16-7-8-20-43(36)44/h1-30,32-34H,31,35H2. The second-order valence-corrected chi connectivity index (χ2v) is 14.0. The molecule has 0 radical (unpaired) electrons. The Balaban J connectivity index is 1.03. The first-order valence-electron chi connectivity index (χ1n) is 18.7. The summed E-state index contributed by atoms with van der Waals surface area (Å²) >= 11 is 0. The fraction of sp³-hybridized carbons (Fsp3) is 0.0385. The summed E-state index contributed by atoms with van der Waals surface area (Å²) in [5.74, 6) is 0. The number of fused-ring (bicyclic) bond motifs is 4. The van der Waals surface area contributed by atoms with Gasteiger partial charge in [-0.1, -0.05) is 170 Å². The third-order valence-electron chi connectivity index (χ3n) is 10.8. The van der Waals surface area contributed by atoms with Crippen LogP contribution in [0.25, 0.3) is 71.7 Å². The Labute approximate surface area is 315 Å². The van der Waals surface area contributed by atoms with Crippen LogP contribution in [0.4, 0.5) is 11.4 Å². The highest BCUT2D eigenvalue weighted by molar-refractivity contribution is 6.13. The number of hydrogen-bond acceptors (Lipinski definition) is 2. The first-order valence-corrected chi connectivity index (χ1v) is 18.7. The Morgan fingerprint density at radius 1 is 0.352 bits per heavy atom. The molecule has 0 saturated carbocycles. The van der Waals surface area contributed by atoms with Crippen LogP contribution in [0.3, 0.4) is 0 Å². The second-order valence-electron chi connectivity index (χ2n) is 14.0. The maximum Gasteiger partial charge on any atom is 0.143 e. The third-order valence-corrected chi connectivity index (χ3v) is 10.8. The largest absolute Gasteiger partial charge is 0.455 e. The zero-order valence-corrected chi connectivity index (χ0v) is 29.8. The molecule has 8 aromatic carbocycles. The van der Waals surface area contributed by atoms with Crippen molar-refractivity contribution >= 4 is 49.7 Å². The maximum atomic E-state index is 6.83. The average molecular weight is 692 g/mol. The lowest BCUT2D eigenvalue weighted by molar-refractivity contribution is 0.671. The zero-order chi connectivity index (χ0) is 35.8. The number of allylic oxidation sites excluding steroid dienone is 4. The lowest BCUT2D eigenvalue weighted by Gasteiger charge is -2.30. The van der Waals surface area contributed by atoms with Crippen molar-refractivity contribution < 1.29 is 4.42 Å². The van der Waals surface area contributed by atoms with Crippen molar-refractivity contribution in [3.8, 4) is 33.4 Å². The van der Waals surface area contributed by atoms with Gasteiger partial charge in [-0.15, -0.1) is 0 Å². The normalized spacial score (nSPS) is 12.9. The number of anilines is 2. The molecule has 0 spiro atoms. The topological polar surface area (TPSA) is 16.4 Å². The first kappa shape index (κ1) is 31.8. The molecule has 9 aromatic rings. The van der Waals surface area contributed by atoms with Crippen molar-refractivity contribution in [2.24, 2.45) is 0 Å². The lowest BCUT2D eigenvalue weighted by atomic mass is 9.88. The van der Waals surface area contributed by atoms with Gasteiger partial charge in [-0.3, -0.25) is 0 Å². The Bertz CT molecular complexity index is 2860. The molecular formula is C52H37NO. The van der Waals surface area contributed by atoms with Gasteiger partial charge in [0.25, 0.3) is 0 Å². The van der Waals surface area contributed by atoms with Crippen LogP contribution in [0.15, 0.2) is 210 Å². The van der Waals surface area contributed by atoms with Gasteiger partial charge >= 0.3 is 0 Å². The van der Waals surface area contributed by atoms with Crippen molar-refractivity contribution in [3.63, 3.8) is 0 Å². The summed E-state index contributed by atoms with van der Waals surface area (Å²) in [7, 11) is 0. The van der Waals surface area contributed by atoms with Gasteiger partial charge in [-0.2, -0.15) is 0 Å². The van der Waals surface area contributed by atoms with E-state index in [-0.39, 0.29) is 0 Å². The molecule has 0 aliphatic heterocycles. The van der Waals surface area contributed by atoms with Crippen molar-refractivity contribution in [2.75, 3.05) is 4.90 Å². The van der Waals surface area contributed by atoms with Crippen molar-refractivity contribution in [2.45, 2.75) is 12.8 Å². The molecule has 1 aliphatic rings. The Kier molecular flexibility index (Phi) is 8.00. The van der Waals surface area contributed by atoms with Crippen LogP contribution in [0, 0.1) is 0 Å². The minimum absolute atomic E-state index is 0.912. The summed E-state index contributed by atoms with van der Waals surface area (Å²) in [6.07, 6.45) is 6.48. The van der Waals surface area contributed by atoms with Gasteiger partial charge in [-0.25, -0.2) is 0 Å². The molecule has 2 nitrogen and oxygen atoms in total. The van der Waals surface area contributed by atoms with E-state index in [4.69, 9.17) is 4.42 Å². The van der Waals surface area contributed by atoms with Crippen LogP contribution < -0.4 is 4.90 Å². The van der Waals surface area contributed by atoms with Gasteiger partial charge in [0, 0.05) is 39.0 Å². The van der Waals surface area contributed by atoms with Crippen LogP contribution in [0.2, 0.25) is 0 Å². The summed E-state index contributed by atoms with van der Waals surface area (Å²) in [6.45, 7) is 0. The van der Waals surface area contributed by atoms with Crippen LogP contribution in [0.5, 0.6) is 0 Å². The van der Waals surface area contributed by atoms with Crippen LogP contribution in [-0.4, -0.2) is 0 Å². The van der Waals surface area contributed by atoms with E-state index in [1.807, 2.05) is 0 Å². The zero-order valence-electron chi connectivity index (χ0n) is 29.8. The third kappa shape index (κ3) is 5.60. The predicted octanol–water partition coefficient (Wildman–Crippen LogP) is 14.6. The number of para-hydroxylation sites is 3. The predicted molar refractivity (Wildman–Crippen MR) is 228 cm³/mol. The van der Waals surface area contributed by atoms with E-state index in [0.717, 1.165) is 62.8 Å².